The third-order valence-corrected chi connectivity index (χ3v) is 8.24. The molecule has 4 nitrogen and oxygen atoms in total. The van der Waals surface area contributed by atoms with Gasteiger partial charge in [-0.1, -0.05) is 105 Å². The van der Waals surface area contributed by atoms with Crippen molar-refractivity contribution in [1.82, 2.24) is 0 Å². The molecule has 0 aliphatic rings. The minimum Gasteiger partial charge on any atom is -0.369 e. The van der Waals surface area contributed by atoms with E-state index in [4.69, 9.17) is 14.2 Å². The molecular formula is C30H36O4S2. The molecule has 6 heteroatoms. The molecule has 0 bridgehead atoms. The predicted molar refractivity (Wildman–Crippen MR) is 151 cm³/mol. The summed E-state index contributed by atoms with van der Waals surface area (Å²) in [6, 6.07) is 30.0. The maximum atomic E-state index is 12.4. The molecule has 3 atom stereocenters. The van der Waals surface area contributed by atoms with Crippen LogP contribution in [0.25, 0.3) is 0 Å². The molecule has 36 heavy (non-hydrogen) atoms. The van der Waals surface area contributed by atoms with E-state index in [2.05, 4.69) is 26.0 Å². The van der Waals surface area contributed by atoms with Gasteiger partial charge in [0.15, 0.2) is 6.29 Å². The molecule has 3 aromatic carbocycles. The topological polar surface area (TPSA) is 44.8 Å². The standard InChI is InChI=1S/C30H36O4S2/c1-3-35-30(36-4-2)29(34-23-26-18-12-7-13-19-26)28(33-22-25-16-10-6-11-17-25)27(20-31)32-21-24-14-8-5-9-15-24/h5-20,27-30H,3-4,21-23H2,1-2H3/t27-,28-,29+/m0/s1. The highest BCUT2D eigenvalue weighted by atomic mass is 32.2. The number of rotatable bonds is 17. The Kier molecular flexibility index (Phi) is 13.1. The van der Waals surface area contributed by atoms with Crippen LogP contribution >= 0.6 is 23.5 Å². The van der Waals surface area contributed by atoms with E-state index in [1.165, 1.54) is 0 Å². The van der Waals surface area contributed by atoms with Gasteiger partial charge in [-0.15, -0.1) is 23.5 Å². The predicted octanol–water partition coefficient (Wildman–Crippen LogP) is 6.77. The van der Waals surface area contributed by atoms with E-state index >= 15 is 0 Å². The number of hydrogen-bond acceptors (Lipinski definition) is 6. The summed E-state index contributed by atoms with van der Waals surface area (Å²) in [5.41, 5.74) is 3.13. The van der Waals surface area contributed by atoms with E-state index in [0.29, 0.717) is 19.8 Å². The summed E-state index contributed by atoms with van der Waals surface area (Å²) < 4.78 is 19.3. The number of carbonyl (C=O) groups excluding carboxylic acids is 1. The Labute approximate surface area is 224 Å². The summed E-state index contributed by atoms with van der Waals surface area (Å²) in [7, 11) is 0. The van der Waals surface area contributed by atoms with Crippen LogP contribution in [-0.2, 0) is 38.8 Å². The van der Waals surface area contributed by atoms with Crippen LogP contribution in [0.4, 0.5) is 0 Å². The normalized spacial score (nSPS) is 13.9. The van der Waals surface area contributed by atoms with Crippen molar-refractivity contribution < 1.29 is 19.0 Å². The quantitative estimate of drug-likeness (QED) is 0.143. The fourth-order valence-electron chi connectivity index (χ4n) is 3.78. The van der Waals surface area contributed by atoms with Gasteiger partial charge in [0.2, 0.25) is 0 Å². The summed E-state index contributed by atoms with van der Waals surface area (Å²) in [6.45, 7) is 5.42. The summed E-state index contributed by atoms with van der Waals surface area (Å²) in [5.74, 6) is 1.87. The molecule has 0 heterocycles. The van der Waals surface area contributed by atoms with Crippen LogP contribution in [0.15, 0.2) is 91.0 Å². The summed E-state index contributed by atoms with van der Waals surface area (Å²) in [5, 5.41) is 0. The number of aldehydes is 1. The third-order valence-electron chi connectivity index (χ3n) is 5.57. The van der Waals surface area contributed by atoms with Crippen LogP contribution in [0.5, 0.6) is 0 Å². The molecule has 0 saturated carbocycles. The van der Waals surface area contributed by atoms with Gasteiger partial charge in [0.05, 0.1) is 24.4 Å². The van der Waals surface area contributed by atoms with Crippen molar-refractivity contribution in [2.24, 2.45) is 0 Å². The molecule has 0 aliphatic heterocycles. The van der Waals surface area contributed by atoms with Crippen molar-refractivity contribution in [3.8, 4) is 0 Å². The lowest BCUT2D eigenvalue weighted by Gasteiger charge is -2.35. The lowest BCUT2D eigenvalue weighted by molar-refractivity contribution is -0.155. The Balaban J connectivity index is 1.87. The van der Waals surface area contributed by atoms with E-state index in [1.807, 2.05) is 102 Å². The lowest BCUT2D eigenvalue weighted by atomic mass is 10.1. The molecule has 0 aromatic heterocycles. The second kappa shape index (κ2) is 16.6. The molecule has 0 radical (unpaired) electrons. The van der Waals surface area contributed by atoms with E-state index in [9.17, 15) is 4.79 Å². The number of benzene rings is 3. The first-order valence-corrected chi connectivity index (χ1v) is 14.5. The smallest absolute Gasteiger partial charge is 0.151 e. The van der Waals surface area contributed by atoms with Crippen molar-refractivity contribution >= 4 is 29.8 Å². The molecule has 192 valence electrons. The number of hydrogen-bond donors (Lipinski definition) is 0. The highest BCUT2D eigenvalue weighted by Gasteiger charge is 2.38. The summed E-state index contributed by atoms with van der Waals surface area (Å²) in [4.78, 5) is 12.4. The Bertz CT molecular complexity index is 966. The SMILES string of the molecule is CCSC(SCC)[C@H](OCc1ccccc1)[C@@H](OCc1ccccc1)[C@H](C=O)OCc1ccccc1. The fourth-order valence-corrected chi connectivity index (χ4v) is 6.49. The zero-order valence-corrected chi connectivity index (χ0v) is 22.7. The average Bonchev–Trinajstić information content (AvgIpc) is 2.93. The second-order valence-corrected chi connectivity index (χ2v) is 11.3. The monoisotopic (exact) mass is 524 g/mol. The van der Waals surface area contributed by atoms with Gasteiger partial charge in [-0.25, -0.2) is 0 Å². The zero-order valence-electron chi connectivity index (χ0n) is 21.0. The van der Waals surface area contributed by atoms with Crippen LogP contribution in [-0.4, -0.2) is 40.7 Å². The minimum absolute atomic E-state index is 0.0901. The molecule has 0 fully saturated rings. The first-order valence-electron chi connectivity index (χ1n) is 12.4. The summed E-state index contributed by atoms with van der Waals surface area (Å²) >= 11 is 3.65. The third kappa shape index (κ3) is 9.41. The highest BCUT2D eigenvalue weighted by molar-refractivity contribution is 8.17. The Morgan fingerprint density at radius 3 is 1.39 bits per heavy atom. The number of carbonyl (C=O) groups is 1. The molecular weight excluding hydrogens is 488 g/mol. The van der Waals surface area contributed by atoms with Crippen LogP contribution in [0, 0.1) is 0 Å². The van der Waals surface area contributed by atoms with Crippen molar-refractivity contribution in [2.45, 2.75) is 56.6 Å². The van der Waals surface area contributed by atoms with E-state index in [0.717, 1.165) is 34.5 Å². The van der Waals surface area contributed by atoms with Gasteiger partial charge in [0, 0.05) is 0 Å². The fraction of sp³-hybridized carbons (Fsp3) is 0.367. The molecule has 3 aromatic rings. The van der Waals surface area contributed by atoms with Gasteiger partial charge in [0.25, 0.3) is 0 Å². The van der Waals surface area contributed by atoms with Gasteiger partial charge < -0.3 is 19.0 Å². The maximum Gasteiger partial charge on any atom is 0.151 e. The number of ether oxygens (including phenoxy) is 3. The number of thioether (sulfide) groups is 2. The van der Waals surface area contributed by atoms with Crippen LogP contribution in [0.2, 0.25) is 0 Å². The first kappa shape index (κ1) is 28.5. The second-order valence-electron chi connectivity index (χ2n) is 8.20. The van der Waals surface area contributed by atoms with Crippen molar-refractivity contribution in [3.05, 3.63) is 108 Å². The van der Waals surface area contributed by atoms with Crippen LogP contribution in [0.1, 0.15) is 30.5 Å². The van der Waals surface area contributed by atoms with E-state index in [-0.39, 0.29) is 10.7 Å². The van der Waals surface area contributed by atoms with Gasteiger partial charge in [-0.05, 0) is 28.2 Å². The van der Waals surface area contributed by atoms with Crippen molar-refractivity contribution in [2.75, 3.05) is 11.5 Å². The Morgan fingerprint density at radius 1 is 0.611 bits per heavy atom. The van der Waals surface area contributed by atoms with E-state index < -0.39 is 12.2 Å². The van der Waals surface area contributed by atoms with Gasteiger partial charge in [-0.3, -0.25) is 0 Å². The average molecular weight is 525 g/mol. The maximum absolute atomic E-state index is 12.4. The van der Waals surface area contributed by atoms with Crippen molar-refractivity contribution in [3.63, 3.8) is 0 Å². The molecule has 0 N–H and O–H groups in total. The molecule has 0 unspecified atom stereocenters. The minimum atomic E-state index is -0.771. The lowest BCUT2D eigenvalue weighted by Crippen LogP contribution is -2.47. The molecule has 0 saturated heterocycles. The van der Waals surface area contributed by atoms with Gasteiger partial charge >= 0.3 is 0 Å². The molecule has 3 rings (SSSR count). The zero-order chi connectivity index (χ0) is 25.4. The Hall–Kier alpha value is -2.09. The molecule has 0 aliphatic carbocycles. The highest BCUT2D eigenvalue weighted by Crippen LogP contribution is 2.33. The molecule has 0 amide bonds. The van der Waals surface area contributed by atoms with Crippen molar-refractivity contribution in [1.29, 1.82) is 0 Å². The van der Waals surface area contributed by atoms with E-state index in [1.54, 1.807) is 0 Å². The van der Waals surface area contributed by atoms with Crippen LogP contribution < -0.4 is 0 Å². The first-order chi connectivity index (χ1) is 17.7. The summed E-state index contributed by atoms with van der Waals surface area (Å²) in [6.07, 6.45) is -0.831. The van der Waals surface area contributed by atoms with Gasteiger partial charge in [0.1, 0.15) is 18.3 Å². The van der Waals surface area contributed by atoms with Crippen LogP contribution in [0.3, 0.4) is 0 Å². The largest absolute Gasteiger partial charge is 0.369 e. The Morgan fingerprint density at radius 2 is 1.00 bits per heavy atom. The van der Waals surface area contributed by atoms with Gasteiger partial charge in [-0.2, -0.15) is 0 Å². The molecule has 0 spiro atoms.